The van der Waals surface area contributed by atoms with E-state index < -0.39 is 0 Å². The summed E-state index contributed by atoms with van der Waals surface area (Å²) >= 11 is 0.0736. The van der Waals surface area contributed by atoms with Crippen molar-refractivity contribution < 1.29 is 9.41 Å². The summed E-state index contributed by atoms with van der Waals surface area (Å²) in [6.07, 6.45) is 17.8. The van der Waals surface area contributed by atoms with Gasteiger partial charge < -0.3 is 9.41 Å². The Kier molecular flexibility index (Phi) is 30.8. The summed E-state index contributed by atoms with van der Waals surface area (Å²) in [4.78, 5) is 0. The van der Waals surface area contributed by atoms with E-state index in [4.69, 9.17) is 0 Å². The zero-order chi connectivity index (χ0) is 12.6. The van der Waals surface area contributed by atoms with Crippen LogP contribution in [0.1, 0.15) is 90.9 Å². The topological polar surface area (TPSA) is 0 Å². The van der Waals surface area contributed by atoms with Gasteiger partial charge in [0.25, 0.3) is 0 Å². The van der Waals surface area contributed by atoms with Gasteiger partial charge in [0, 0.05) is 0 Å². The number of rotatable bonds is 14. The molecule has 0 amide bonds. The number of unbranched alkanes of at least 4 members (excludes halogenated alkanes) is 10. The van der Waals surface area contributed by atoms with E-state index in [-0.39, 0.29) is 30.6 Å². The number of hydrogen-bond donors (Lipinski definition) is 0. The molecular weight excluding hydrogens is 349 g/mol. The van der Waals surface area contributed by atoms with Crippen molar-refractivity contribution >= 4 is 21.1 Å². The number of halogens is 2. The maximum Gasteiger partial charge on any atom is -1.00 e. The van der Waals surface area contributed by atoms with Gasteiger partial charge in [-0.05, 0) is 0 Å². The molecule has 0 radical (unpaired) electrons. The molecule has 3 heteroatoms. The van der Waals surface area contributed by atoms with Crippen LogP contribution in [0.25, 0.3) is 0 Å². The second-order valence-corrected chi connectivity index (χ2v) is 9.57. The predicted octanol–water partition coefficient (Wildman–Crippen LogP) is 0.256. The van der Waals surface area contributed by atoms with Crippen LogP contribution in [0, 0.1) is 0 Å². The van der Waals surface area contributed by atoms with E-state index >= 15 is 0 Å². The van der Waals surface area contributed by atoms with E-state index in [9.17, 15) is 0 Å². The third-order valence-corrected chi connectivity index (χ3v) is 7.45. The zero-order valence-corrected chi connectivity index (χ0v) is 16.0. The molecule has 0 saturated carbocycles. The molecule has 0 aliphatic heterocycles. The molecule has 0 bridgehead atoms. The van der Waals surface area contributed by atoms with E-state index in [0.717, 1.165) is 0 Å². The Morgan fingerprint density at radius 1 is 0.474 bits per heavy atom. The van der Waals surface area contributed by atoms with Gasteiger partial charge in [-0.2, -0.15) is 0 Å². The molecule has 0 aliphatic carbocycles. The van der Waals surface area contributed by atoms with Crippen molar-refractivity contribution in [3.63, 3.8) is 0 Å². The average Bonchev–Trinajstić information content (AvgIpc) is 2.35. The summed E-state index contributed by atoms with van der Waals surface area (Å²) in [5.74, 6) is 0. The Balaban J connectivity index is -0.00000128. The zero-order valence-electron chi connectivity index (χ0n) is 13.2. The van der Waals surface area contributed by atoms with Gasteiger partial charge in [0.2, 0.25) is 0 Å². The van der Waals surface area contributed by atoms with Crippen molar-refractivity contribution in [3.8, 4) is 0 Å². The molecule has 0 rings (SSSR count). The first kappa shape index (κ1) is 24.7. The van der Waals surface area contributed by atoms with Gasteiger partial charge in [-0.3, -0.25) is 0 Å². The quantitative estimate of drug-likeness (QED) is 0.298. The SMILES string of the molecule is CCCCCCC[CH2][Sn+2][CH2]CCCCCCC.[F-].[F-]. The molecule has 0 saturated heterocycles. The smallest absolute Gasteiger partial charge is 1.00 e. The third kappa shape index (κ3) is 24.1. The summed E-state index contributed by atoms with van der Waals surface area (Å²) in [6.45, 7) is 4.60. The van der Waals surface area contributed by atoms with Crippen LogP contribution in [0.15, 0.2) is 0 Å². The van der Waals surface area contributed by atoms with Gasteiger partial charge in [0.05, 0.1) is 0 Å². The normalized spacial score (nSPS) is 9.37. The molecule has 0 aliphatic rings. The first-order valence-corrected chi connectivity index (χ1v) is 12.2. The Hall–Kier alpha value is 0.659. The van der Waals surface area contributed by atoms with Gasteiger partial charge in [-0.15, -0.1) is 0 Å². The van der Waals surface area contributed by atoms with Crippen molar-refractivity contribution in [1.29, 1.82) is 0 Å². The third-order valence-electron chi connectivity index (χ3n) is 3.41. The molecule has 0 aromatic heterocycles. The molecule has 0 aromatic carbocycles. The summed E-state index contributed by atoms with van der Waals surface area (Å²) in [7, 11) is 0. The summed E-state index contributed by atoms with van der Waals surface area (Å²) < 4.78 is 3.31. The van der Waals surface area contributed by atoms with Crippen LogP contribution >= 0.6 is 0 Å². The molecule has 0 atom stereocenters. The Labute approximate surface area is 130 Å². The van der Waals surface area contributed by atoms with Crippen LogP contribution in [0.4, 0.5) is 0 Å². The molecule has 0 N–H and O–H groups in total. The first-order valence-electron chi connectivity index (χ1n) is 8.12. The Morgan fingerprint density at radius 3 is 1.16 bits per heavy atom. The van der Waals surface area contributed by atoms with Crippen molar-refractivity contribution in [2.45, 2.75) is 99.8 Å². The van der Waals surface area contributed by atoms with Crippen LogP contribution in [0.5, 0.6) is 0 Å². The van der Waals surface area contributed by atoms with E-state index in [0.29, 0.717) is 0 Å². The van der Waals surface area contributed by atoms with Gasteiger partial charge >= 0.3 is 121 Å². The van der Waals surface area contributed by atoms with E-state index in [2.05, 4.69) is 13.8 Å². The molecular formula is C16H34F2Sn. The minimum atomic E-state index is 0. The Morgan fingerprint density at radius 2 is 0.789 bits per heavy atom. The Bertz CT molecular complexity index is 118. The van der Waals surface area contributed by atoms with Crippen LogP contribution in [0.2, 0.25) is 8.87 Å². The summed E-state index contributed by atoms with van der Waals surface area (Å²) in [5.41, 5.74) is 0. The largest absolute Gasteiger partial charge is 1.00 e. The molecule has 0 spiro atoms. The fourth-order valence-corrected chi connectivity index (χ4v) is 5.75. The van der Waals surface area contributed by atoms with Crippen LogP contribution in [0.3, 0.4) is 0 Å². The molecule has 116 valence electrons. The van der Waals surface area contributed by atoms with E-state index in [1.807, 2.05) is 0 Å². The van der Waals surface area contributed by atoms with Gasteiger partial charge in [-0.25, -0.2) is 0 Å². The van der Waals surface area contributed by atoms with Gasteiger partial charge in [-0.1, -0.05) is 0 Å². The summed E-state index contributed by atoms with van der Waals surface area (Å²) in [6, 6.07) is 0. The van der Waals surface area contributed by atoms with Crippen molar-refractivity contribution in [3.05, 3.63) is 0 Å². The molecule has 0 aromatic rings. The van der Waals surface area contributed by atoms with Crippen LogP contribution in [-0.2, 0) is 0 Å². The van der Waals surface area contributed by atoms with Gasteiger partial charge in [0.15, 0.2) is 0 Å². The van der Waals surface area contributed by atoms with Crippen LogP contribution < -0.4 is 9.41 Å². The molecule has 0 nitrogen and oxygen atoms in total. The standard InChI is InChI=1S/2C8H17.2FH.Sn/c2*1-3-5-7-8-6-4-2;;;/h2*1,3-8H2,2H3;2*1H;/q;;;;+2/p-2. The molecule has 0 heterocycles. The van der Waals surface area contributed by atoms with E-state index in [1.54, 1.807) is 21.7 Å². The second kappa shape index (κ2) is 23.7. The van der Waals surface area contributed by atoms with Crippen molar-refractivity contribution in [2.24, 2.45) is 0 Å². The molecule has 0 fully saturated rings. The predicted molar refractivity (Wildman–Crippen MR) is 82.1 cm³/mol. The van der Waals surface area contributed by atoms with Crippen molar-refractivity contribution in [2.75, 3.05) is 0 Å². The van der Waals surface area contributed by atoms with E-state index in [1.165, 1.54) is 64.2 Å². The van der Waals surface area contributed by atoms with Crippen LogP contribution in [-0.4, -0.2) is 21.1 Å². The minimum absolute atomic E-state index is 0. The fraction of sp³-hybridized carbons (Fsp3) is 1.00. The molecule has 0 unspecified atom stereocenters. The monoisotopic (exact) mass is 384 g/mol. The molecule has 19 heavy (non-hydrogen) atoms. The van der Waals surface area contributed by atoms with Gasteiger partial charge in [0.1, 0.15) is 0 Å². The summed E-state index contributed by atoms with van der Waals surface area (Å²) in [5, 5.41) is 0. The fourth-order valence-electron chi connectivity index (χ4n) is 2.19. The average molecular weight is 383 g/mol. The second-order valence-electron chi connectivity index (χ2n) is 5.29. The first-order chi connectivity index (χ1) is 8.41. The maximum absolute atomic E-state index is 2.30. The number of hydrogen-bond acceptors (Lipinski definition) is 0. The minimum Gasteiger partial charge on any atom is -1.00 e. The maximum atomic E-state index is 2.30. The van der Waals surface area contributed by atoms with Crippen molar-refractivity contribution in [1.82, 2.24) is 0 Å².